The van der Waals surface area contributed by atoms with Crippen molar-refractivity contribution in [3.8, 4) is 0 Å². The van der Waals surface area contributed by atoms with Gasteiger partial charge in [0.1, 0.15) is 6.04 Å². The van der Waals surface area contributed by atoms with Gasteiger partial charge < -0.3 is 10.4 Å². The molecule has 1 atom stereocenters. The van der Waals surface area contributed by atoms with E-state index in [9.17, 15) is 9.59 Å². The van der Waals surface area contributed by atoms with Crippen molar-refractivity contribution < 1.29 is 14.7 Å². The Morgan fingerprint density at radius 1 is 1.50 bits per heavy atom. The van der Waals surface area contributed by atoms with Gasteiger partial charge in [-0.3, -0.25) is 4.79 Å². The number of aliphatic carboxylic acids is 1. The molecule has 0 fully saturated rings. The van der Waals surface area contributed by atoms with Crippen LogP contribution in [0.25, 0.3) is 6.08 Å². The predicted molar refractivity (Wildman–Crippen MR) is 82.3 cm³/mol. The minimum absolute atomic E-state index is 0.184. The third kappa shape index (κ3) is 5.01. The molecule has 0 aliphatic carbocycles. The molecule has 0 bridgehead atoms. The van der Waals surface area contributed by atoms with Crippen LogP contribution in [0.2, 0.25) is 0 Å². The Morgan fingerprint density at radius 2 is 2.20 bits per heavy atom. The van der Waals surface area contributed by atoms with Gasteiger partial charge in [0.15, 0.2) is 0 Å². The van der Waals surface area contributed by atoms with E-state index in [1.807, 2.05) is 25.1 Å². The molecule has 2 N–H and O–H groups in total. The lowest BCUT2D eigenvalue weighted by Crippen LogP contribution is -2.39. The number of carboxylic acid groups (broad SMARTS) is 1. The molecule has 0 aliphatic rings. The van der Waals surface area contributed by atoms with Crippen molar-refractivity contribution >= 4 is 33.9 Å². The van der Waals surface area contributed by atoms with Crippen molar-refractivity contribution in [2.24, 2.45) is 0 Å². The smallest absolute Gasteiger partial charge is 0.326 e. The second kappa shape index (κ2) is 7.65. The molecule has 1 aromatic rings. The van der Waals surface area contributed by atoms with E-state index in [-0.39, 0.29) is 6.42 Å². The normalized spacial score (nSPS) is 12.1. The highest BCUT2D eigenvalue weighted by molar-refractivity contribution is 9.10. The number of carbonyl (C=O) groups is 2. The Kier molecular flexibility index (Phi) is 6.18. The van der Waals surface area contributed by atoms with Crippen LogP contribution in [-0.4, -0.2) is 23.0 Å². The predicted octanol–water partition coefficient (Wildman–Crippen LogP) is 2.92. The van der Waals surface area contributed by atoms with Crippen molar-refractivity contribution in [1.82, 2.24) is 5.32 Å². The fraction of sp³-hybridized carbons (Fsp3) is 0.200. The molecule has 0 radical (unpaired) electrons. The number of amides is 1. The van der Waals surface area contributed by atoms with Crippen molar-refractivity contribution in [3.05, 3.63) is 52.5 Å². The van der Waals surface area contributed by atoms with Crippen molar-refractivity contribution in [2.75, 3.05) is 0 Å². The van der Waals surface area contributed by atoms with Crippen LogP contribution in [0.4, 0.5) is 0 Å². The van der Waals surface area contributed by atoms with E-state index in [4.69, 9.17) is 5.11 Å². The summed E-state index contributed by atoms with van der Waals surface area (Å²) in [4.78, 5) is 22.6. The second-order valence-electron chi connectivity index (χ2n) is 4.28. The number of hydrogen-bond acceptors (Lipinski definition) is 2. The van der Waals surface area contributed by atoms with Crippen LogP contribution in [-0.2, 0) is 9.59 Å². The molecule has 5 heteroatoms. The van der Waals surface area contributed by atoms with Gasteiger partial charge in [-0.25, -0.2) is 4.79 Å². The van der Waals surface area contributed by atoms with Crippen LogP contribution in [0, 0.1) is 6.92 Å². The number of nitrogens with one attached hydrogen (secondary N) is 1. The molecule has 1 aromatic carbocycles. The van der Waals surface area contributed by atoms with Crippen LogP contribution in [0.1, 0.15) is 17.5 Å². The maximum atomic E-state index is 11.7. The van der Waals surface area contributed by atoms with Gasteiger partial charge in [0.2, 0.25) is 5.91 Å². The fourth-order valence-electron chi connectivity index (χ4n) is 1.54. The first-order valence-corrected chi connectivity index (χ1v) is 6.81. The quantitative estimate of drug-likeness (QED) is 0.619. The average Bonchev–Trinajstić information content (AvgIpc) is 2.37. The summed E-state index contributed by atoms with van der Waals surface area (Å²) < 4.78 is 0.877. The van der Waals surface area contributed by atoms with E-state index in [2.05, 4.69) is 27.8 Å². The van der Waals surface area contributed by atoms with E-state index in [1.165, 1.54) is 12.2 Å². The molecule has 0 aromatic heterocycles. The standard InChI is InChI=1S/C15H16BrNO3/c1-3-4-13(15(19)20)17-14(18)8-7-11-6-5-10(2)9-12(11)16/h3,5-9,13H,1,4H2,2H3,(H,17,18)(H,19,20)/b8-7+. The van der Waals surface area contributed by atoms with Crippen molar-refractivity contribution in [3.63, 3.8) is 0 Å². The minimum atomic E-state index is -1.08. The number of carbonyl (C=O) groups excluding carboxylic acids is 1. The Hall–Kier alpha value is -1.88. The lowest BCUT2D eigenvalue weighted by Gasteiger charge is -2.10. The van der Waals surface area contributed by atoms with Gasteiger partial charge in [-0.2, -0.15) is 0 Å². The van der Waals surface area contributed by atoms with E-state index in [0.29, 0.717) is 0 Å². The summed E-state index contributed by atoms with van der Waals surface area (Å²) in [5, 5.41) is 11.3. The molecule has 0 spiro atoms. The second-order valence-corrected chi connectivity index (χ2v) is 5.14. The number of halogens is 1. The molecule has 0 aliphatic heterocycles. The number of hydrogen-bond donors (Lipinski definition) is 2. The fourth-order valence-corrected chi connectivity index (χ4v) is 2.17. The molecule has 0 saturated heterocycles. The first-order chi connectivity index (χ1) is 9.43. The lowest BCUT2D eigenvalue weighted by molar-refractivity contribution is -0.141. The summed E-state index contributed by atoms with van der Waals surface area (Å²) in [5.41, 5.74) is 1.96. The third-order valence-electron chi connectivity index (χ3n) is 2.59. The number of benzene rings is 1. The summed E-state index contributed by atoms with van der Waals surface area (Å²) in [6.07, 6.45) is 4.59. The highest BCUT2D eigenvalue weighted by atomic mass is 79.9. The van der Waals surface area contributed by atoms with Crippen LogP contribution in [0.5, 0.6) is 0 Å². The molecule has 4 nitrogen and oxygen atoms in total. The third-order valence-corrected chi connectivity index (χ3v) is 3.27. The van der Waals surface area contributed by atoms with E-state index in [1.54, 1.807) is 6.08 Å². The molecule has 0 saturated carbocycles. The summed E-state index contributed by atoms with van der Waals surface area (Å²) >= 11 is 3.41. The van der Waals surface area contributed by atoms with Gasteiger partial charge in [0.25, 0.3) is 0 Å². The van der Waals surface area contributed by atoms with Crippen LogP contribution < -0.4 is 5.32 Å². The minimum Gasteiger partial charge on any atom is -0.480 e. The Bertz CT molecular complexity index is 552. The molecule has 1 rings (SSSR count). The van der Waals surface area contributed by atoms with E-state index < -0.39 is 17.9 Å². The maximum Gasteiger partial charge on any atom is 0.326 e. The molecule has 106 valence electrons. The number of aryl methyl sites for hydroxylation is 1. The zero-order valence-electron chi connectivity index (χ0n) is 11.1. The largest absolute Gasteiger partial charge is 0.480 e. The van der Waals surface area contributed by atoms with Crippen LogP contribution in [0.3, 0.4) is 0 Å². The number of rotatable bonds is 6. The van der Waals surface area contributed by atoms with Gasteiger partial charge in [0, 0.05) is 10.5 Å². The maximum absolute atomic E-state index is 11.7. The monoisotopic (exact) mass is 337 g/mol. The SMILES string of the molecule is C=CCC(NC(=O)/C=C/c1ccc(C)cc1Br)C(=O)O. The van der Waals surface area contributed by atoms with Crippen LogP contribution >= 0.6 is 15.9 Å². The first kappa shape index (κ1) is 16.2. The van der Waals surface area contributed by atoms with Gasteiger partial charge in [0.05, 0.1) is 0 Å². The summed E-state index contributed by atoms with van der Waals surface area (Å²) in [5.74, 6) is -1.53. The number of carboxylic acids is 1. The van der Waals surface area contributed by atoms with Gasteiger partial charge >= 0.3 is 5.97 Å². The highest BCUT2D eigenvalue weighted by Gasteiger charge is 2.16. The van der Waals surface area contributed by atoms with Gasteiger partial charge in [-0.15, -0.1) is 6.58 Å². The van der Waals surface area contributed by atoms with E-state index >= 15 is 0 Å². The van der Waals surface area contributed by atoms with Crippen molar-refractivity contribution in [1.29, 1.82) is 0 Å². The molecule has 0 heterocycles. The molecule has 1 amide bonds. The Morgan fingerprint density at radius 3 is 2.75 bits per heavy atom. The summed E-state index contributed by atoms with van der Waals surface area (Å²) in [7, 11) is 0. The zero-order chi connectivity index (χ0) is 15.1. The zero-order valence-corrected chi connectivity index (χ0v) is 12.7. The highest BCUT2D eigenvalue weighted by Crippen LogP contribution is 2.19. The first-order valence-electron chi connectivity index (χ1n) is 6.02. The molecule has 20 heavy (non-hydrogen) atoms. The Labute approximate surface area is 126 Å². The van der Waals surface area contributed by atoms with E-state index in [0.717, 1.165) is 15.6 Å². The van der Waals surface area contributed by atoms with Gasteiger partial charge in [-0.05, 0) is 36.6 Å². The summed E-state index contributed by atoms with van der Waals surface area (Å²) in [6, 6.07) is 4.79. The average molecular weight is 338 g/mol. The molecular formula is C15H16BrNO3. The van der Waals surface area contributed by atoms with Gasteiger partial charge in [-0.1, -0.05) is 34.1 Å². The molecular weight excluding hydrogens is 322 g/mol. The van der Waals surface area contributed by atoms with Crippen molar-refractivity contribution in [2.45, 2.75) is 19.4 Å². The Balaban J connectivity index is 2.71. The topological polar surface area (TPSA) is 66.4 Å². The summed E-state index contributed by atoms with van der Waals surface area (Å²) in [6.45, 7) is 5.43. The lowest BCUT2D eigenvalue weighted by atomic mass is 10.1. The van der Waals surface area contributed by atoms with Crippen LogP contribution in [0.15, 0.2) is 41.4 Å². The molecule has 1 unspecified atom stereocenters.